The fourth-order valence-electron chi connectivity index (χ4n) is 1.65. The Morgan fingerprint density at radius 3 is 2.33 bits per heavy atom. The molecule has 3 nitrogen and oxygen atoms in total. The highest BCUT2D eigenvalue weighted by molar-refractivity contribution is 8.14. The van der Waals surface area contributed by atoms with Gasteiger partial charge in [-0.05, 0) is 12.8 Å². The number of hydrogen-bond acceptors (Lipinski definition) is 3. The lowest BCUT2D eigenvalue weighted by Crippen LogP contribution is -2.35. The first-order valence-corrected chi connectivity index (χ1v) is 6.39. The van der Waals surface area contributed by atoms with Gasteiger partial charge in [-0.3, -0.25) is 0 Å². The van der Waals surface area contributed by atoms with Crippen molar-refractivity contribution in [1.82, 2.24) is 0 Å². The van der Waals surface area contributed by atoms with E-state index in [0.29, 0.717) is 6.42 Å². The van der Waals surface area contributed by atoms with Gasteiger partial charge in [0.1, 0.15) is 5.25 Å². The molecule has 0 aromatic rings. The van der Waals surface area contributed by atoms with Gasteiger partial charge in [-0.1, -0.05) is 12.8 Å². The molecule has 1 rings (SSSR count). The van der Waals surface area contributed by atoms with E-state index in [4.69, 9.17) is 15.4 Å². The van der Waals surface area contributed by atoms with Crippen LogP contribution in [0.4, 0.5) is 0 Å². The molecule has 0 unspecified atom stereocenters. The lowest BCUT2D eigenvalue weighted by Gasteiger charge is -2.27. The number of ether oxygens (including phenoxy) is 1. The molecule has 0 saturated heterocycles. The summed E-state index contributed by atoms with van der Waals surface area (Å²) in [6.45, 7) is 0. The van der Waals surface area contributed by atoms with Crippen LogP contribution in [-0.4, -0.2) is 26.9 Å². The molecular formula is C7H13ClO3S. The molecule has 0 aromatic carbocycles. The number of hydrogen-bond donors (Lipinski definition) is 0. The van der Waals surface area contributed by atoms with E-state index in [1.54, 1.807) is 0 Å². The van der Waals surface area contributed by atoms with Crippen molar-refractivity contribution in [2.45, 2.75) is 37.0 Å². The van der Waals surface area contributed by atoms with Gasteiger partial charge >= 0.3 is 0 Å². The van der Waals surface area contributed by atoms with Gasteiger partial charge in [0.2, 0.25) is 9.05 Å². The van der Waals surface area contributed by atoms with Crippen LogP contribution in [0.15, 0.2) is 0 Å². The topological polar surface area (TPSA) is 43.4 Å². The SMILES string of the molecule is CO[C@H]1CCCC[C@@H]1S(=O)(=O)Cl. The second kappa shape index (κ2) is 3.94. The Morgan fingerprint density at radius 2 is 1.92 bits per heavy atom. The Morgan fingerprint density at radius 1 is 1.33 bits per heavy atom. The normalized spacial score (nSPS) is 31.8. The standard InChI is InChI=1S/C7H13ClO3S/c1-11-6-4-2-3-5-7(6)12(8,9)10/h6-7H,2-5H2,1H3/t6-,7-/m0/s1. The Hall–Kier alpha value is 0.200. The summed E-state index contributed by atoms with van der Waals surface area (Å²) in [4.78, 5) is 0. The zero-order chi connectivity index (χ0) is 9.19. The van der Waals surface area contributed by atoms with E-state index in [1.807, 2.05) is 0 Å². The fraction of sp³-hybridized carbons (Fsp3) is 1.00. The lowest BCUT2D eigenvalue weighted by atomic mass is 9.97. The smallest absolute Gasteiger partial charge is 0.238 e. The number of rotatable bonds is 2. The highest BCUT2D eigenvalue weighted by Gasteiger charge is 2.34. The summed E-state index contributed by atoms with van der Waals surface area (Å²) in [6.07, 6.45) is 3.18. The van der Waals surface area contributed by atoms with E-state index >= 15 is 0 Å². The Bertz CT molecular complexity index is 237. The molecule has 72 valence electrons. The van der Waals surface area contributed by atoms with Gasteiger partial charge in [-0.25, -0.2) is 8.42 Å². The molecule has 1 fully saturated rings. The monoisotopic (exact) mass is 212 g/mol. The zero-order valence-corrected chi connectivity index (χ0v) is 8.57. The molecule has 2 atom stereocenters. The third-order valence-corrected chi connectivity index (χ3v) is 4.26. The predicted molar refractivity (Wildman–Crippen MR) is 47.8 cm³/mol. The van der Waals surface area contributed by atoms with Gasteiger partial charge in [0.15, 0.2) is 0 Å². The molecule has 0 aliphatic heterocycles. The quantitative estimate of drug-likeness (QED) is 0.652. The van der Waals surface area contributed by atoms with Crippen molar-refractivity contribution < 1.29 is 13.2 Å². The summed E-state index contributed by atoms with van der Waals surface area (Å²) in [5.41, 5.74) is 0. The van der Waals surface area contributed by atoms with Crippen LogP contribution in [0.3, 0.4) is 0 Å². The van der Waals surface area contributed by atoms with Gasteiger partial charge in [0, 0.05) is 17.8 Å². The highest BCUT2D eigenvalue weighted by atomic mass is 35.7. The minimum atomic E-state index is -3.44. The van der Waals surface area contributed by atoms with Gasteiger partial charge in [0.05, 0.1) is 6.10 Å². The minimum absolute atomic E-state index is 0.207. The van der Waals surface area contributed by atoms with Crippen LogP contribution < -0.4 is 0 Å². The Kier molecular flexibility index (Phi) is 3.37. The maximum Gasteiger partial charge on any atom is 0.238 e. The van der Waals surface area contributed by atoms with Crippen molar-refractivity contribution in [2.75, 3.05) is 7.11 Å². The van der Waals surface area contributed by atoms with Crippen LogP contribution in [0, 0.1) is 0 Å². The van der Waals surface area contributed by atoms with Crippen molar-refractivity contribution in [2.24, 2.45) is 0 Å². The Labute approximate surface area is 77.5 Å². The summed E-state index contributed by atoms with van der Waals surface area (Å²) < 4.78 is 27.1. The fourth-order valence-corrected chi connectivity index (χ4v) is 3.32. The van der Waals surface area contributed by atoms with Crippen LogP contribution in [0.25, 0.3) is 0 Å². The zero-order valence-electron chi connectivity index (χ0n) is 6.99. The molecule has 0 bridgehead atoms. The molecular weight excluding hydrogens is 200 g/mol. The summed E-state index contributed by atoms with van der Waals surface area (Å²) >= 11 is 0. The van der Waals surface area contributed by atoms with Crippen LogP contribution in [0.5, 0.6) is 0 Å². The Balaban J connectivity index is 2.72. The summed E-state index contributed by atoms with van der Waals surface area (Å²) in [7, 11) is 3.37. The molecule has 0 aromatic heterocycles. The summed E-state index contributed by atoms with van der Waals surface area (Å²) in [5.74, 6) is 0. The maximum atomic E-state index is 11.0. The van der Waals surface area contributed by atoms with Gasteiger partial charge < -0.3 is 4.74 Å². The predicted octanol–water partition coefficient (Wildman–Crippen LogP) is 1.51. The summed E-state index contributed by atoms with van der Waals surface area (Å²) in [5, 5.41) is -0.502. The molecule has 0 spiro atoms. The van der Waals surface area contributed by atoms with Crippen molar-refractivity contribution in [3.05, 3.63) is 0 Å². The van der Waals surface area contributed by atoms with E-state index < -0.39 is 14.3 Å². The average molecular weight is 213 g/mol. The molecule has 0 N–H and O–H groups in total. The summed E-state index contributed by atoms with van der Waals surface area (Å²) in [6, 6.07) is 0. The molecule has 5 heteroatoms. The van der Waals surface area contributed by atoms with Crippen molar-refractivity contribution in [1.29, 1.82) is 0 Å². The van der Waals surface area contributed by atoms with Crippen molar-refractivity contribution in [3.63, 3.8) is 0 Å². The van der Waals surface area contributed by atoms with Gasteiger partial charge in [-0.15, -0.1) is 0 Å². The number of methoxy groups -OCH3 is 1. The highest BCUT2D eigenvalue weighted by Crippen LogP contribution is 2.28. The van der Waals surface area contributed by atoms with Gasteiger partial charge in [0.25, 0.3) is 0 Å². The van der Waals surface area contributed by atoms with E-state index in [2.05, 4.69) is 0 Å². The van der Waals surface area contributed by atoms with E-state index in [-0.39, 0.29) is 6.10 Å². The van der Waals surface area contributed by atoms with E-state index in [0.717, 1.165) is 19.3 Å². The van der Waals surface area contributed by atoms with Crippen LogP contribution in [0.1, 0.15) is 25.7 Å². The van der Waals surface area contributed by atoms with E-state index in [1.165, 1.54) is 7.11 Å². The van der Waals surface area contributed by atoms with Crippen molar-refractivity contribution in [3.8, 4) is 0 Å². The first-order valence-electron chi connectivity index (χ1n) is 4.02. The number of halogens is 1. The molecule has 12 heavy (non-hydrogen) atoms. The average Bonchev–Trinajstić information content (AvgIpc) is 2.03. The third kappa shape index (κ3) is 2.34. The molecule has 0 amide bonds. The maximum absolute atomic E-state index is 11.0. The molecule has 1 aliphatic rings. The van der Waals surface area contributed by atoms with Gasteiger partial charge in [-0.2, -0.15) is 0 Å². The minimum Gasteiger partial charge on any atom is -0.380 e. The molecule has 1 saturated carbocycles. The second-order valence-corrected chi connectivity index (χ2v) is 5.92. The second-order valence-electron chi connectivity index (χ2n) is 3.07. The largest absolute Gasteiger partial charge is 0.380 e. The molecule has 0 radical (unpaired) electrons. The molecule has 0 heterocycles. The lowest BCUT2D eigenvalue weighted by molar-refractivity contribution is 0.0743. The van der Waals surface area contributed by atoms with Crippen LogP contribution in [0.2, 0.25) is 0 Å². The van der Waals surface area contributed by atoms with Crippen LogP contribution in [-0.2, 0) is 13.8 Å². The molecule has 1 aliphatic carbocycles. The first kappa shape index (κ1) is 10.3. The van der Waals surface area contributed by atoms with Crippen LogP contribution >= 0.6 is 10.7 Å². The van der Waals surface area contributed by atoms with E-state index in [9.17, 15) is 8.42 Å². The third-order valence-electron chi connectivity index (χ3n) is 2.31. The van der Waals surface area contributed by atoms with Crippen molar-refractivity contribution >= 4 is 19.7 Å². The first-order chi connectivity index (χ1) is 5.55.